The van der Waals surface area contributed by atoms with Crippen molar-refractivity contribution in [1.82, 2.24) is 10.3 Å². The van der Waals surface area contributed by atoms with Gasteiger partial charge >= 0.3 is 0 Å². The Hall–Kier alpha value is -2.46. The van der Waals surface area contributed by atoms with Gasteiger partial charge in [0, 0.05) is 28.6 Å². The van der Waals surface area contributed by atoms with Crippen molar-refractivity contribution in [3.63, 3.8) is 0 Å². The van der Waals surface area contributed by atoms with Crippen LogP contribution in [0.4, 0.5) is 8.78 Å². The van der Waals surface area contributed by atoms with Crippen LogP contribution in [0, 0.1) is 11.6 Å². The molecule has 3 aromatic rings. The van der Waals surface area contributed by atoms with E-state index in [-0.39, 0.29) is 11.6 Å². The molecule has 3 heterocycles. The molecule has 2 N–H and O–H groups in total. The molecule has 2 nitrogen and oxygen atoms in total. The molecule has 0 radical (unpaired) electrons. The highest BCUT2D eigenvalue weighted by Crippen LogP contribution is 2.40. The maximum atomic E-state index is 13.7. The molecular formula is C21H18F2N2. The third kappa shape index (κ3) is 2.48. The number of H-pyrrole nitrogens is 1. The van der Waals surface area contributed by atoms with E-state index in [0.717, 1.165) is 40.6 Å². The molecule has 0 saturated carbocycles. The lowest BCUT2D eigenvalue weighted by Gasteiger charge is -2.22. The molecular weight excluding hydrogens is 318 g/mol. The van der Waals surface area contributed by atoms with Crippen molar-refractivity contribution < 1.29 is 8.78 Å². The van der Waals surface area contributed by atoms with Crippen molar-refractivity contribution >= 4 is 16.5 Å². The monoisotopic (exact) mass is 336 g/mol. The molecule has 5 rings (SSSR count). The van der Waals surface area contributed by atoms with E-state index in [2.05, 4.69) is 16.4 Å². The Kier molecular flexibility index (Phi) is 3.28. The van der Waals surface area contributed by atoms with Gasteiger partial charge in [-0.2, -0.15) is 0 Å². The summed E-state index contributed by atoms with van der Waals surface area (Å²) in [7, 11) is 0. The summed E-state index contributed by atoms with van der Waals surface area (Å²) in [5, 5.41) is 4.63. The minimum absolute atomic E-state index is 0.258. The first-order valence-corrected chi connectivity index (χ1v) is 8.72. The van der Waals surface area contributed by atoms with Gasteiger partial charge in [0.1, 0.15) is 11.6 Å². The predicted octanol–water partition coefficient (Wildman–Crippen LogP) is 5.02. The number of aromatic nitrogens is 1. The average molecular weight is 336 g/mol. The van der Waals surface area contributed by atoms with Gasteiger partial charge in [0.25, 0.3) is 0 Å². The van der Waals surface area contributed by atoms with E-state index in [0.29, 0.717) is 12.1 Å². The van der Waals surface area contributed by atoms with Crippen molar-refractivity contribution in [1.29, 1.82) is 0 Å². The number of aromatic amines is 1. The lowest BCUT2D eigenvalue weighted by molar-refractivity contribution is 0.575. The van der Waals surface area contributed by atoms with E-state index < -0.39 is 0 Å². The van der Waals surface area contributed by atoms with Gasteiger partial charge in [0.2, 0.25) is 0 Å². The Bertz CT molecular complexity index is 985. The minimum Gasteiger partial charge on any atom is -0.354 e. The van der Waals surface area contributed by atoms with Crippen molar-refractivity contribution in [2.75, 3.05) is 0 Å². The van der Waals surface area contributed by atoms with Gasteiger partial charge in [-0.05, 0) is 72.9 Å². The van der Waals surface area contributed by atoms with Crippen LogP contribution in [0.2, 0.25) is 0 Å². The van der Waals surface area contributed by atoms with Crippen molar-refractivity contribution in [3.8, 4) is 11.3 Å². The van der Waals surface area contributed by atoms with Crippen LogP contribution >= 0.6 is 0 Å². The topological polar surface area (TPSA) is 27.8 Å². The van der Waals surface area contributed by atoms with E-state index in [9.17, 15) is 8.78 Å². The van der Waals surface area contributed by atoms with Crippen LogP contribution in [0.3, 0.4) is 0 Å². The van der Waals surface area contributed by atoms with Gasteiger partial charge in [-0.15, -0.1) is 0 Å². The third-order valence-electron chi connectivity index (χ3n) is 5.36. The number of hydrogen-bond acceptors (Lipinski definition) is 1. The summed E-state index contributed by atoms with van der Waals surface area (Å²) in [5.41, 5.74) is 5.05. The van der Waals surface area contributed by atoms with Gasteiger partial charge in [0.15, 0.2) is 0 Å². The Morgan fingerprint density at radius 2 is 1.72 bits per heavy atom. The first kappa shape index (κ1) is 14.8. The lowest BCUT2D eigenvalue weighted by atomic mass is 9.92. The maximum Gasteiger partial charge on any atom is 0.125 e. The molecule has 1 fully saturated rings. The van der Waals surface area contributed by atoms with Crippen LogP contribution < -0.4 is 5.32 Å². The van der Waals surface area contributed by atoms with Gasteiger partial charge in [-0.3, -0.25) is 0 Å². The molecule has 0 aliphatic carbocycles. The summed E-state index contributed by atoms with van der Waals surface area (Å²) >= 11 is 0. The Morgan fingerprint density at radius 1 is 0.920 bits per heavy atom. The zero-order valence-electron chi connectivity index (χ0n) is 13.7. The number of benzene rings is 2. The molecule has 2 bridgehead atoms. The molecule has 2 aromatic carbocycles. The number of halogens is 2. The van der Waals surface area contributed by atoms with Crippen molar-refractivity contribution in [2.24, 2.45) is 0 Å². The third-order valence-corrected chi connectivity index (χ3v) is 5.36. The highest BCUT2D eigenvalue weighted by atomic mass is 19.1. The second kappa shape index (κ2) is 5.53. The second-order valence-corrected chi connectivity index (χ2v) is 7.02. The summed E-state index contributed by atoms with van der Waals surface area (Å²) in [6.07, 6.45) is 5.63. The van der Waals surface area contributed by atoms with Crippen LogP contribution in [0.1, 0.15) is 24.8 Å². The smallest absolute Gasteiger partial charge is 0.125 e. The SMILES string of the molecule is Fc1ccc(-c2[nH]c3cc(F)ccc3c2C2=CC3CCC(C2)N3)cc1. The zero-order valence-corrected chi connectivity index (χ0v) is 13.7. The fraction of sp³-hybridized carbons (Fsp3) is 0.238. The van der Waals surface area contributed by atoms with E-state index in [4.69, 9.17) is 0 Å². The van der Waals surface area contributed by atoms with Crippen LogP contribution in [-0.2, 0) is 0 Å². The Labute approximate surface area is 144 Å². The van der Waals surface area contributed by atoms with Gasteiger partial charge in [0.05, 0.1) is 5.69 Å². The fourth-order valence-corrected chi connectivity index (χ4v) is 4.24. The molecule has 126 valence electrons. The molecule has 2 aliphatic rings. The largest absolute Gasteiger partial charge is 0.354 e. The standard InChI is InChI=1S/C21H18F2N2/c22-14-3-1-12(2-4-14)21-20(13-9-16-6-7-17(10-13)24-16)18-8-5-15(23)11-19(18)25-21/h1-5,8-9,11,16-17,24-25H,6-7,10H2. The summed E-state index contributed by atoms with van der Waals surface area (Å²) in [4.78, 5) is 3.36. The fourth-order valence-electron chi connectivity index (χ4n) is 4.24. The van der Waals surface area contributed by atoms with Crippen molar-refractivity contribution in [2.45, 2.75) is 31.3 Å². The molecule has 25 heavy (non-hydrogen) atoms. The summed E-state index contributed by atoms with van der Waals surface area (Å²) in [6.45, 7) is 0. The quantitative estimate of drug-likeness (QED) is 0.675. The first-order valence-electron chi connectivity index (χ1n) is 8.72. The average Bonchev–Trinajstić information content (AvgIpc) is 3.14. The predicted molar refractivity (Wildman–Crippen MR) is 96.2 cm³/mol. The van der Waals surface area contributed by atoms with Gasteiger partial charge in [-0.25, -0.2) is 8.78 Å². The number of rotatable bonds is 2. The Morgan fingerprint density at radius 3 is 2.52 bits per heavy atom. The lowest BCUT2D eigenvalue weighted by Crippen LogP contribution is -2.31. The molecule has 1 aromatic heterocycles. The molecule has 0 spiro atoms. The van der Waals surface area contributed by atoms with Crippen LogP contribution in [0.25, 0.3) is 27.7 Å². The van der Waals surface area contributed by atoms with E-state index in [1.54, 1.807) is 12.1 Å². The molecule has 0 amide bonds. The van der Waals surface area contributed by atoms with Crippen LogP contribution in [-0.4, -0.2) is 17.1 Å². The molecule has 2 aliphatic heterocycles. The van der Waals surface area contributed by atoms with Crippen LogP contribution in [0.15, 0.2) is 48.5 Å². The molecule has 2 atom stereocenters. The van der Waals surface area contributed by atoms with E-state index in [1.165, 1.54) is 36.3 Å². The summed E-state index contributed by atoms with van der Waals surface area (Å²) in [5.74, 6) is -0.517. The Balaban J connectivity index is 1.75. The first-order chi connectivity index (χ1) is 12.2. The maximum absolute atomic E-state index is 13.7. The number of nitrogens with one attached hydrogen (secondary N) is 2. The highest BCUT2D eigenvalue weighted by molar-refractivity contribution is 6.00. The summed E-state index contributed by atoms with van der Waals surface area (Å²) < 4.78 is 27.1. The normalized spacial score (nSPS) is 22.4. The van der Waals surface area contributed by atoms with Gasteiger partial charge < -0.3 is 10.3 Å². The summed E-state index contributed by atoms with van der Waals surface area (Å²) in [6, 6.07) is 12.3. The zero-order chi connectivity index (χ0) is 17.0. The highest BCUT2D eigenvalue weighted by Gasteiger charge is 2.30. The van der Waals surface area contributed by atoms with Crippen LogP contribution in [0.5, 0.6) is 0 Å². The minimum atomic E-state index is -0.259. The van der Waals surface area contributed by atoms with Gasteiger partial charge in [-0.1, -0.05) is 6.08 Å². The van der Waals surface area contributed by atoms with Crippen molar-refractivity contribution in [3.05, 3.63) is 65.7 Å². The van der Waals surface area contributed by atoms with E-state index in [1.807, 2.05) is 6.07 Å². The number of fused-ring (bicyclic) bond motifs is 3. The molecule has 4 heteroatoms. The van der Waals surface area contributed by atoms with E-state index >= 15 is 0 Å². The molecule has 2 unspecified atom stereocenters. The second-order valence-electron chi connectivity index (χ2n) is 7.02. The number of hydrogen-bond donors (Lipinski definition) is 2. The molecule has 1 saturated heterocycles.